The molecule has 2 aliphatic rings. The molecule has 0 heterocycles. The highest BCUT2D eigenvalue weighted by Crippen LogP contribution is 2.45. The standard InChI is InChI=1S/C44H46N2O10/c47-25-39(45-43(51)55-27-37-33-19-9-5-15-29(33)30-16-6-10-20-34(30)37)41(49)53-23-13-3-1-2-4-14-24-54-42(50)40(26-48)46-44(52)56-28-38-35-21-11-7-17-31(35)32-18-8-12-22-36(32)38/h1-2,5-12,15-22,37-40,47-48H,3-4,13-14,23-28H2,(H,45,51)(H,46,52)/b2-1+/t39-,40-/m0/s1. The predicted octanol–water partition coefficient (Wildman–Crippen LogP) is 5.99. The van der Waals surface area contributed by atoms with Crippen molar-refractivity contribution in [3.05, 3.63) is 131 Å². The van der Waals surface area contributed by atoms with Crippen LogP contribution in [0.5, 0.6) is 0 Å². The van der Waals surface area contributed by atoms with Crippen LogP contribution in [0.25, 0.3) is 22.3 Å². The fourth-order valence-electron chi connectivity index (χ4n) is 7.11. The van der Waals surface area contributed by atoms with Gasteiger partial charge in [-0.3, -0.25) is 0 Å². The van der Waals surface area contributed by atoms with E-state index >= 15 is 0 Å². The van der Waals surface area contributed by atoms with E-state index in [4.69, 9.17) is 18.9 Å². The van der Waals surface area contributed by atoms with Crippen LogP contribution in [0.3, 0.4) is 0 Å². The number of allylic oxidation sites excluding steroid dienone is 2. The summed E-state index contributed by atoms with van der Waals surface area (Å²) < 4.78 is 21.4. The van der Waals surface area contributed by atoms with E-state index in [9.17, 15) is 29.4 Å². The minimum atomic E-state index is -1.26. The Morgan fingerprint density at radius 2 is 0.839 bits per heavy atom. The summed E-state index contributed by atoms with van der Waals surface area (Å²) in [6.07, 6.45) is 4.40. The first-order valence-corrected chi connectivity index (χ1v) is 18.8. The van der Waals surface area contributed by atoms with E-state index in [1.165, 1.54) is 0 Å². The predicted molar refractivity (Wildman–Crippen MR) is 208 cm³/mol. The lowest BCUT2D eigenvalue weighted by Crippen LogP contribution is -2.45. The minimum absolute atomic E-state index is 0.0753. The summed E-state index contributed by atoms with van der Waals surface area (Å²) in [5.41, 5.74) is 8.64. The van der Waals surface area contributed by atoms with E-state index in [1.807, 2.05) is 109 Å². The van der Waals surface area contributed by atoms with Crippen LogP contribution >= 0.6 is 0 Å². The van der Waals surface area contributed by atoms with E-state index < -0.39 is 49.4 Å². The molecule has 12 nitrogen and oxygen atoms in total. The van der Waals surface area contributed by atoms with Gasteiger partial charge in [0, 0.05) is 11.8 Å². The third-order valence-electron chi connectivity index (χ3n) is 9.89. The third-order valence-corrected chi connectivity index (χ3v) is 9.89. The number of nitrogens with one attached hydrogen (secondary N) is 2. The fourth-order valence-corrected chi connectivity index (χ4v) is 7.11. The van der Waals surface area contributed by atoms with E-state index in [-0.39, 0.29) is 38.3 Å². The molecule has 4 aromatic carbocycles. The second kappa shape index (κ2) is 19.6. The number of benzene rings is 4. The van der Waals surface area contributed by atoms with Crippen molar-refractivity contribution in [2.75, 3.05) is 39.6 Å². The van der Waals surface area contributed by atoms with Gasteiger partial charge in [-0.1, -0.05) is 109 Å². The number of alkyl carbamates (subject to hydrolysis) is 2. The van der Waals surface area contributed by atoms with Crippen LogP contribution in [0, 0.1) is 0 Å². The number of hydrogen-bond acceptors (Lipinski definition) is 10. The number of hydrogen-bond donors (Lipinski definition) is 4. The first kappa shape index (κ1) is 39.7. The van der Waals surface area contributed by atoms with Crippen LogP contribution < -0.4 is 10.6 Å². The maximum absolute atomic E-state index is 12.6. The maximum Gasteiger partial charge on any atom is 0.407 e. The summed E-state index contributed by atoms with van der Waals surface area (Å²) >= 11 is 0. The molecular formula is C44H46N2O10. The number of aliphatic hydroxyl groups is 2. The number of aliphatic hydroxyl groups excluding tert-OH is 2. The van der Waals surface area contributed by atoms with Gasteiger partial charge in [-0.05, 0) is 70.2 Å². The van der Waals surface area contributed by atoms with E-state index in [1.54, 1.807) is 0 Å². The van der Waals surface area contributed by atoms with Crippen LogP contribution in [0.1, 0.15) is 59.8 Å². The number of ether oxygens (including phenoxy) is 4. The van der Waals surface area contributed by atoms with Crippen LogP contribution in [0.2, 0.25) is 0 Å². The van der Waals surface area contributed by atoms with Crippen molar-refractivity contribution in [1.29, 1.82) is 0 Å². The molecule has 0 saturated heterocycles. The van der Waals surface area contributed by atoms with E-state index in [2.05, 4.69) is 10.6 Å². The highest BCUT2D eigenvalue weighted by molar-refractivity contribution is 5.83. The lowest BCUT2D eigenvalue weighted by molar-refractivity contribution is -0.148. The summed E-state index contributed by atoms with van der Waals surface area (Å²) in [6.45, 7) is -0.959. The second-order valence-electron chi connectivity index (χ2n) is 13.5. The summed E-state index contributed by atoms with van der Waals surface area (Å²) in [6, 6.07) is 29.3. The molecule has 2 atom stereocenters. The molecule has 0 aliphatic heterocycles. The molecule has 12 heteroatoms. The highest BCUT2D eigenvalue weighted by atomic mass is 16.6. The first-order valence-electron chi connectivity index (χ1n) is 18.8. The molecule has 292 valence electrons. The largest absolute Gasteiger partial charge is 0.464 e. The molecule has 0 fully saturated rings. The molecule has 0 radical (unpaired) electrons. The van der Waals surface area contributed by atoms with Crippen molar-refractivity contribution in [2.24, 2.45) is 0 Å². The van der Waals surface area contributed by atoms with Gasteiger partial charge >= 0.3 is 24.1 Å². The Hall–Kier alpha value is -5.98. The van der Waals surface area contributed by atoms with Crippen LogP contribution in [-0.2, 0) is 28.5 Å². The molecule has 4 N–H and O–H groups in total. The normalized spacial score (nSPS) is 13.8. The molecule has 0 bridgehead atoms. The number of carbonyl (C=O) groups excluding carboxylic acids is 4. The zero-order valence-electron chi connectivity index (χ0n) is 30.9. The first-order chi connectivity index (χ1) is 27.4. The van der Waals surface area contributed by atoms with Crippen LogP contribution in [0.4, 0.5) is 9.59 Å². The summed E-state index contributed by atoms with van der Waals surface area (Å²) in [5, 5.41) is 24.2. The zero-order valence-corrected chi connectivity index (χ0v) is 30.9. The molecule has 4 aromatic rings. The van der Waals surface area contributed by atoms with Gasteiger partial charge in [0.1, 0.15) is 13.2 Å². The number of esters is 2. The molecule has 2 aliphatic carbocycles. The average Bonchev–Trinajstić information content (AvgIpc) is 3.73. The van der Waals surface area contributed by atoms with Gasteiger partial charge in [-0.2, -0.15) is 0 Å². The van der Waals surface area contributed by atoms with E-state index in [0.29, 0.717) is 25.7 Å². The van der Waals surface area contributed by atoms with Crippen molar-refractivity contribution in [2.45, 2.75) is 49.6 Å². The monoisotopic (exact) mass is 762 g/mol. The van der Waals surface area contributed by atoms with Crippen molar-refractivity contribution >= 4 is 24.1 Å². The van der Waals surface area contributed by atoms with Gasteiger partial charge in [0.25, 0.3) is 0 Å². The molecule has 0 unspecified atom stereocenters. The number of carbonyl (C=O) groups is 4. The smallest absolute Gasteiger partial charge is 0.407 e. The number of amides is 2. The molecule has 2 amide bonds. The Labute approximate surface area is 325 Å². The van der Waals surface area contributed by atoms with Gasteiger partial charge in [0.2, 0.25) is 0 Å². The number of rotatable bonds is 18. The Bertz CT molecular complexity index is 1800. The van der Waals surface area contributed by atoms with Gasteiger partial charge in [0.15, 0.2) is 12.1 Å². The molecule has 56 heavy (non-hydrogen) atoms. The second-order valence-corrected chi connectivity index (χ2v) is 13.5. The molecule has 0 spiro atoms. The lowest BCUT2D eigenvalue weighted by Gasteiger charge is -2.18. The van der Waals surface area contributed by atoms with Gasteiger partial charge in [-0.15, -0.1) is 0 Å². The van der Waals surface area contributed by atoms with Gasteiger partial charge in [0.05, 0.1) is 26.4 Å². The van der Waals surface area contributed by atoms with Crippen molar-refractivity contribution in [3.8, 4) is 22.3 Å². The lowest BCUT2D eigenvalue weighted by atomic mass is 9.98. The van der Waals surface area contributed by atoms with Crippen molar-refractivity contribution in [1.82, 2.24) is 10.6 Å². The Kier molecular flexibility index (Phi) is 13.9. The molecule has 6 rings (SSSR count). The number of fused-ring (bicyclic) bond motifs is 6. The Morgan fingerprint density at radius 1 is 0.518 bits per heavy atom. The Balaban J connectivity index is 0.815. The van der Waals surface area contributed by atoms with Gasteiger partial charge < -0.3 is 39.8 Å². The fraction of sp³-hybridized carbons (Fsp3) is 0.318. The highest BCUT2D eigenvalue weighted by Gasteiger charge is 2.31. The average molecular weight is 763 g/mol. The Morgan fingerprint density at radius 3 is 1.16 bits per heavy atom. The summed E-state index contributed by atoms with van der Waals surface area (Å²) in [5.74, 6) is -1.80. The van der Waals surface area contributed by atoms with Crippen LogP contribution in [-0.4, -0.2) is 86.1 Å². The molecule has 0 aromatic heterocycles. The minimum Gasteiger partial charge on any atom is -0.464 e. The quantitative estimate of drug-likeness (QED) is 0.0409. The van der Waals surface area contributed by atoms with Crippen LogP contribution in [0.15, 0.2) is 109 Å². The number of unbranched alkanes of at least 4 members (excludes halogenated alkanes) is 2. The zero-order chi connectivity index (χ0) is 39.3. The topological polar surface area (TPSA) is 170 Å². The SMILES string of the molecule is O=C(N[C@@H](CO)C(=O)OCCC/C=C/CCCOC(=O)[C@H](CO)NC(=O)OCC1c2ccccc2-c2ccccc21)OCC1c2ccccc2-c2ccccc21. The van der Waals surface area contributed by atoms with Crippen molar-refractivity contribution < 1.29 is 48.3 Å². The van der Waals surface area contributed by atoms with E-state index in [0.717, 1.165) is 44.5 Å². The van der Waals surface area contributed by atoms with Gasteiger partial charge in [-0.25, -0.2) is 19.2 Å². The van der Waals surface area contributed by atoms with Crippen molar-refractivity contribution in [3.63, 3.8) is 0 Å². The summed E-state index contributed by atoms with van der Waals surface area (Å²) in [4.78, 5) is 50.1. The summed E-state index contributed by atoms with van der Waals surface area (Å²) in [7, 11) is 0. The maximum atomic E-state index is 12.6. The third kappa shape index (κ3) is 9.63. The molecular weight excluding hydrogens is 716 g/mol. The molecule has 0 saturated carbocycles.